The normalized spacial score (nSPS) is 11.7. The molecule has 0 aliphatic rings. The molecular formula is C22H15F3N2O2. The van der Waals surface area contributed by atoms with E-state index in [9.17, 15) is 23.2 Å². The standard InChI is InChI=1S/C22H15F3N2O2/c23-22(24,25)18-8-4-7-16(11-18)20-10-9-19(29-20)12-17(13-26)21(28)27-14-15-5-2-1-3-6-15/h1-12H,14H2,(H,27,28)/b17-12-. The molecule has 1 N–H and O–H groups in total. The predicted molar refractivity (Wildman–Crippen MR) is 101 cm³/mol. The molecule has 1 aromatic heterocycles. The number of benzene rings is 2. The van der Waals surface area contributed by atoms with Gasteiger partial charge in [-0.15, -0.1) is 0 Å². The summed E-state index contributed by atoms with van der Waals surface area (Å²) >= 11 is 0. The number of carbonyl (C=O) groups is 1. The van der Waals surface area contributed by atoms with Gasteiger partial charge < -0.3 is 9.73 Å². The van der Waals surface area contributed by atoms with Crippen molar-refractivity contribution in [3.63, 3.8) is 0 Å². The second kappa shape index (κ2) is 8.48. The topological polar surface area (TPSA) is 66.0 Å². The monoisotopic (exact) mass is 396 g/mol. The van der Waals surface area contributed by atoms with E-state index >= 15 is 0 Å². The maximum atomic E-state index is 12.9. The highest BCUT2D eigenvalue weighted by Crippen LogP contribution is 2.32. The van der Waals surface area contributed by atoms with E-state index < -0.39 is 17.6 Å². The number of halogens is 3. The molecular weight excluding hydrogens is 381 g/mol. The smallest absolute Gasteiger partial charge is 0.416 e. The highest BCUT2D eigenvalue weighted by Gasteiger charge is 2.30. The van der Waals surface area contributed by atoms with Gasteiger partial charge in [0.15, 0.2) is 0 Å². The molecule has 0 radical (unpaired) electrons. The fourth-order valence-corrected chi connectivity index (χ4v) is 2.60. The van der Waals surface area contributed by atoms with Gasteiger partial charge in [0.25, 0.3) is 5.91 Å². The lowest BCUT2D eigenvalue weighted by Gasteiger charge is -2.07. The van der Waals surface area contributed by atoms with Crippen LogP contribution in [0.3, 0.4) is 0 Å². The van der Waals surface area contributed by atoms with Crippen LogP contribution in [-0.4, -0.2) is 5.91 Å². The number of hydrogen-bond donors (Lipinski definition) is 1. The van der Waals surface area contributed by atoms with Gasteiger partial charge in [0.05, 0.1) is 5.56 Å². The minimum Gasteiger partial charge on any atom is -0.457 e. The molecule has 29 heavy (non-hydrogen) atoms. The Kier molecular flexibility index (Phi) is 5.84. The Bertz CT molecular complexity index is 1080. The van der Waals surface area contributed by atoms with Gasteiger partial charge in [-0.1, -0.05) is 42.5 Å². The van der Waals surface area contributed by atoms with E-state index in [0.29, 0.717) is 0 Å². The fourth-order valence-electron chi connectivity index (χ4n) is 2.60. The Morgan fingerprint density at radius 2 is 1.83 bits per heavy atom. The maximum absolute atomic E-state index is 12.9. The van der Waals surface area contributed by atoms with Crippen LogP contribution < -0.4 is 5.32 Å². The van der Waals surface area contributed by atoms with E-state index in [1.807, 2.05) is 30.3 Å². The molecule has 0 bridgehead atoms. The van der Waals surface area contributed by atoms with Crippen molar-refractivity contribution in [3.8, 4) is 17.4 Å². The van der Waals surface area contributed by atoms with E-state index in [4.69, 9.17) is 4.42 Å². The Labute approximate surface area is 164 Å². The second-order valence-corrected chi connectivity index (χ2v) is 6.12. The van der Waals surface area contributed by atoms with Gasteiger partial charge in [0.1, 0.15) is 23.2 Å². The number of nitrogens with zero attached hydrogens (tertiary/aromatic N) is 1. The number of rotatable bonds is 5. The molecule has 0 saturated carbocycles. The third kappa shape index (κ3) is 5.14. The summed E-state index contributed by atoms with van der Waals surface area (Å²) in [7, 11) is 0. The molecule has 0 spiro atoms. The van der Waals surface area contributed by atoms with Crippen molar-refractivity contribution in [1.82, 2.24) is 5.32 Å². The first-order valence-corrected chi connectivity index (χ1v) is 8.58. The highest BCUT2D eigenvalue weighted by atomic mass is 19.4. The molecule has 3 rings (SSSR count). The summed E-state index contributed by atoms with van der Waals surface area (Å²) in [6, 6.07) is 18.7. The summed E-state index contributed by atoms with van der Waals surface area (Å²) in [4.78, 5) is 12.2. The van der Waals surface area contributed by atoms with Crippen molar-refractivity contribution in [2.24, 2.45) is 0 Å². The largest absolute Gasteiger partial charge is 0.457 e. The first-order valence-electron chi connectivity index (χ1n) is 8.58. The summed E-state index contributed by atoms with van der Waals surface area (Å²) in [5, 5.41) is 11.9. The third-order valence-corrected chi connectivity index (χ3v) is 4.05. The van der Waals surface area contributed by atoms with Crippen LogP contribution in [0.2, 0.25) is 0 Å². The molecule has 1 heterocycles. The van der Waals surface area contributed by atoms with Crippen LogP contribution in [0.4, 0.5) is 13.2 Å². The summed E-state index contributed by atoms with van der Waals surface area (Å²) in [5.74, 6) is -0.193. The van der Waals surface area contributed by atoms with Gasteiger partial charge in [-0.3, -0.25) is 4.79 Å². The molecule has 0 aliphatic heterocycles. The number of hydrogen-bond acceptors (Lipinski definition) is 3. The SMILES string of the molecule is N#C/C(=C/c1ccc(-c2cccc(C(F)(F)F)c2)o1)C(=O)NCc1ccccc1. The Morgan fingerprint density at radius 3 is 2.52 bits per heavy atom. The number of alkyl halides is 3. The van der Waals surface area contributed by atoms with E-state index in [2.05, 4.69) is 5.32 Å². The average Bonchev–Trinajstić information content (AvgIpc) is 3.19. The minimum atomic E-state index is -4.46. The van der Waals surface area contributed by atoms with Crippen LogP contribution in [0.15, 0.2) is 76.7 Å². The Balaban J connectivity index is 1.76. The summed E-state index contributed by atoms with van der Waals surface area (Å²) in [6.45, 7) is 0.256. The van der Waals surface area contributed by atoms with Crippen LogP contribution in [0.5, 0.6) is 0 Å². The second-order valence-electron chi connectivity index (χ2n) is 6.12. The zero-order valence-electron chi connectivity index (χ0n) is 15.0. The van der Waals surface area contributed by atoms with E-state index in [-0.39, 0.29) is 29.2 Å². The number of nitrogens with one attached hydrogen (secondary N) is 1. The molecule has 0 aliphatic carbocycles. The molecule has 3 aromatic rings. The van der Waals surface area contributed by atoms with Crippen LogP contribution in [0.1, 0.15) is 16.9 Å². The highest BCUT2D eigenvalue weighted by molar-refractivity contribution is 6.01. The first-order chi connectivity index (χ1) is 13.9. The molecule has 146 valence electrons. The number of carbonyl (C=O) groups excluding carboxylic acids is 1. The van der Waals surface area contributed by atoms with Crippen molar-refractivity contribution >= 4 is 12.0 Å². The van der Waals surface area contributed by atoms with E-state index in [1.54, 1.807) is 6.07 Å². The van der Waals surface area contributed by atoms with Crippen molar-refractivity contribution in [3.05, 3.63) is 89.2 Å². The molecule has 1 amide bonds. The van der Waals surface area contributed by atoms with E-state index in [0.717, 1.165) is 17.7 Å². The lowest BCUT2D eigenvalue weighted by atomic mass is 10.1. The minimum absolute atomic E-state index is 0.175. The molecule has 7 heteroatoms. The Morgan fingerprint density at radius 1 is 1.07 bits per heavy atom. The van der Waals surface area contributed by atoms with Crippen molar-refractivity contribution in [1.29, 1.82) is 5.26 Å². The van der Waals surface area contributed by atoms with Crippen molar-refractivity contribution in [2.45, 2.75) is 12.7 Å². The Hall–Kier alpha value is -3.79. The average molecular weight is 396 g/mol. The fraction of sp³-hybridized carbons (Fsp3) is 0.0909. The van der Waals surface area contributed by atoms with E-state index in [1.165, 1.54) is 30.3 Å². The number of nitriles is 1. The third-order valence-electron chi connectivity index (χ3n) is 4.05. The summed E-state index contributed by atoms with van der Waals surface area (Å²) in [6.07, 6.45) is -3.21. The zero-order valence-corrected chi connectivity index (χ0v) is 15.0. The number of furan rings is 1. The van der Waals surface area contributed by atoms with Crippen LogP contribution in [-0.2, 0) is 17.5 Å². The molecule has 2 aromatic carbocycles. The predicted octanol–water partition coefficient (Wildman–Crippen LogP) is 5.19. The lowest BCUT2D eigenvalue weighted by molar-refractivity contribution is -0.137. The van der Waals surface area contributed by atoms with Crippen molar-refractivity contribution in [2.75, 3.05) is 0 Å². The van der Waals surface area contributed by atoms with Crippen LogP contribution >= 0.6 is 0 Å². The lowest BCUT2D eigenvalue weighted by Crippen LogP contribution is -2.23. The quantitative estimate of drug-likeness (QED) is 0.477. The zero-order chi connectivity index (χ0) is 20.9. The van der Waals surface area contributed by atoms with Crippen LogP contribution in [0, 0.1) is 11.3 Å². The number of amides is 1. The maximum Gasteiger partial charge on any atom is 0.416 e. The van der Waals surface area contributed by atoms with Gasteiger partial charge >= 0.3 is 6.18 Å². The first kappa shape index (κ1) is 20.0. The summed E-state index contributed by atoms with van der Waals surface area (Å²) < 4.78 is 44.1. The summed E-state index contributed by atoms with van der Waals surface area (Å²) in [5.41, 5.74) is 0.154. The molecule has 0 fully saturated rings. The molecule has 0 unspecified atom stereocenters. The molecule has 0 atom stereocenters. The van der Waals surface area contributed by atoms with Gasteiger partial charge in [-0.25, -0.2) is 0 Å². The molecule has 4 nitrogen and oxygen atoms in total. The van der Waals surface area contributed by atoms with Crippen LogP contribution in [0.25, 0.3) is 17.4 Å². The van der Waals surface area contributed by atoms with Crippen molar-refractivity contribution < 1.29 is 22.4 Å². The van der Waals surface area contributed by atoms with Gasteiger partial charge in [0.2, 0.25) is 0 Å². The van der Waals surface area contributed by atoms with Gasteiger partial charge in [-0.2, -0.15) is 18.4 Å². The van der Waals surface area contributed by atoms with Gasteiger partial charge in [-0.05, 0) is 29.8 Å². The van der Waals surface area contributed by atoms with Gasteiger partial charge in [0, 0.05) is 18.2 Å². The molecule has 0 saturated heterocycles.